The predicted molar refractivity (Wildman–Crippen MR) is 155 cm³/mol. The molecular weight excluding hydrogens is 656 g/mol. The molecule has 46 heavy (non-hydrogen) atoms. The van der Waals surface area contributed by atoms with Crippen LogP contribution in [-0.2, 0) is 39.0 Å². The van der Waals surface area contributed by atoms with Gasteiger partial charge in [-0.2, -0.15) is 27.0 Å². The molecule has 22 heteroatoms. The fourth-order valence-corrected chi connectivity index (χ4v) is 7.51. The first kappa shape index (κ1) is 34.5. The number of carbonyl (C=O) groups excluding carboxylic acids is 4. The van der Waals surface area contributed by atoms with Crippen LogP contribution < -0.4 is 21.3 Å². The molecule has 4 atom stereocenters. The van der Waals surface area contributed by atoms with Crippen LogP contribution >= 0.6 is 0 Å². The predicted octanol–water partition coefficient (Wildman–Crippen LogP) is -2.28. The van der Waals surface area contributed by atoms with Crippen molar-refractivity contribution in [2.24, 2.45) is 0 Å². The Hall–Kier alpha value is -2.86. The van der Waals surface area contributed by atoms with Gasteiger partial charge in [0.15, 0.2) is 0 Å². The fourth-order valence-electron chi connectivity index (χ4n) is 6.74. The number of amides is 6. The molecule has 0 radical (unpaired) electrons. The van der Waals surface area contributed by atoms with E-state index in [9.17, 15) is 36.0 Å². The Morgan fingerprint density at radius 3 is 1.30 bits per heavy atom. The molecule has 6 rings (SSSR count). The molecule has 6 aliphatic rings. The largest absolute Gasteiger partial charge is 0.418 e. The highest BCUT2D eigenvalue weighted by Crippen LogP contribution is 2.32. The molecule has 0 saturated carbocycles. The molecule has 6 N–H and O–H groups in total. The van der Waals surface area contributed by atoms with Gasteiger partial charge in [0.05, 0.1) is 12.1 Å². The van der Waals surface area contributed by atoms with E-state index in [0.29, 0.717) is 35.8 Å². The van der Waals surface area contributed by atoms with E-state index in [1.807, 2.05) is 0 Å². The van der Waals surface area contributed by atoms with Crippen molar-refractivity contribution in [3.05, 3.63) is 0 Å². The maximum Gasteiger partial charge on any atom is 0.418 e. The summed E-state index contributed by atoms with van der Waals surface area (Å²) in [4.78, 5) is 51.9. The highest BCUT2D eigenvalue weighted by atomic mass is 32.3. The van der Waals surface area contributed by atoms with E-state index in [0.717, 1.165) is 51.9 Å². The van der Waals surface area contributed by atoms with Crippen molar-refractivity contribution in [1.29, 1.82) is 0 Å². The maximum absolute atomic E-state index is 12.4. The second-order valence-electron chi connectivity index (χ2n) is 12.1. The maximum atomic E-state index is 12.4. The molecule has 0 spiro atoms. The smallest absolute Gasteiger partial charge is 0.351 e. The van der Waals surface area contributed by atoms with Gasteiger partial charge in [-0.25, -0.2) is 9.59 Å². The minimum absolute atomic E-state index is 0.0874. The Kier molecular flexibility index (Phi) is 10.6. The summed E-state index contributed by atoms with van der Waals surface area (Å²) < 4.78 is 69.5. The van der Waals surface area contributed by atoms with E-state index in [-0.39, 0.29) is 37.0 Å². The van der Waals surface area contributed by atoms with Gasteiger partial charge in [-0.1, -0.05) is 0 Å². The molecule has 4 bridgehead atoms. The van der Waals surface area contributed by atoms with Crippen molar-refractivity contribution in [2.45, 2.75) is 87.6 Å². The number of hydrogen-bond donors (Lipinski definition) is 6. The van der Waals surface area contributed by atoms with Crippen LogP contribution in [0.3, 0.4) is 0 Å². The van der Waals surface area contributed by atoms with E-state index >= 15 is 0 Å². The molecular formula is C24H40N8O12S2. The molecule has 0 aromatic heterocycles. The van der Waals surface area contributed by atoms with Crippen molar-refractivity contribution in [1.82, 2.24) is 41.2 Å². The van der Waals surface area contributed by atoms with Crippen LogP contribution in [0.2, 0.25) is 0 Å². The van der Waals surface area contributed by atoms with Crippen molar-refractivity contribution in [3.63, 3.8) is 0 Å². The monoisotopic (exact) mass is 696 g/mol. The first-order valence-electron chi connectivity index (χ1n) is 15.3. The summed E-state index contributed by atoms with van der Waals surface area (Å²) in [6.45, 7) is 3.79. The molecule has 260 valence electrons. The zero-order chi connectivity index (χ0) is 33.2. The van der Waals surface area contributed by atoms with Crippen molar-refractivity contribution < 1.29 is 53.7 Å². The van der Waals surface area contributed by atoms with Crippen LogP contribution in [0.1, 0.15) is 51.4 Å². The number of nitrogens with one attached hydrogen (secondary N) is 4. The average molecular weight is 697 g/mol. The number of rotatable bonds is 8. The lowest BCUT2D eigenvalue weighted by atomic mass is 9.99. The quantitative estimate of drug-likeness (QED) is 0.146. The van der Waals surface area contributed by atoms with Crippen LogP contribution in [0, 0.1) is 0 Å². The van der Waals surface area contributed by atoms with E-state index < -0.39 is 57.0 Å². The lowest BCUT2D eigenvalue weighted by Gasteiger charge is -2.32. The average Bonchev–Trinajstić information content (AvgIpc) is 3.36. The third kappa shape index (κ3) is 8.34. The zero-order valence-electron chi connectivity index (χ0n) is 24.9. The minimum Gasteiger partial charge on any atom is -0.351 e. The lowest BCUT2D eigenvalue weighted by molar-refractivity contribution is -0.127. The van der Waals surface area contributed by atoms with Crippen molar-refractivity contribution in [2.75, 3.05) is 39.3 Å². The van der Waals surface area contributed by atoms with Gasteiger partial charge in [0.25, 0.3) is 0 Å². The lowest BCUT2D eigenvalue weighted by Crippen LogP contribution is -2.53. The number of hydrogen-bond acceptors (Lipinski definition) is 12. The summed E-state index contributed by atoms with van der Waals surface area (Å²) in [5.74, 6) is -0.449. The van der Waals surface area contributed by atoms with Gasteiger partial charge >= 0.3 is 32.9 Å². The minimum atomic E-state index is -4.77. The van der Waals surface area contributed by atoms with Crippen LogP contribution in [0.15, 0.2) is 0 Å². The number of piperidine rings is 4. The highest BCUT2D eigenvalue weighted by molar-refractivity contribution is 7.81. The van der Waals surface area contributed by atoms with E-state index in [1.165, 1.54) is 9.80 Å². The van der Waals surface area contributed by atoms with Gasteiger partial charge in [-0.15, -0.1) is 8.57 Å². The van der Waals surface area contributed by atoms with Crippen LogP contribution in [0.25, 0.3) is 0 Å². The Morgan fingerprint density at radius 2 is 0.978 bits per heavy atom. The molecule has 20 nitrogen and oxygen atoms in total. The summed E-state index contributed by atoms with van der Waals surface area (Å²) in [5, 5.41) is 13.6. The first-order chi connectivity index (χ1) is 21.7. The Labute approximate surface area is 266 Å². The third-order valence-electron chi connectivity index (χ3n) is 8.97. The van der Waals surface area contributed by atoms with Gasteiger partial charge in [0.2, 0.25) is 11.8 Å². The molecule has 0 aromatic rings. The summed E-state index contributed by atoms with van der Waals surface area (Å²) in [6.07, 6.45) is 5.08. The molecule has 0 aliphatic carbocycles. The Bertz CT molecular complexity index is 1280. The van der Waals surface area contributed by atoms with Crippen molar-refractivity contribution in [3.8, 4) is 0 Å². The summed E-state index contributed by atoms with van der Waals surface area (Å²) in [5.41, 5.74) is 0. The topological polar surface area (TPSA) is 257 Å². The number of nitrogens with zero attached hydrogens (tertiary/aromatic N) is 4. The molecule has 6 heterocycles. The van der Waals surface area contributed by atoms with Gasteiger partial charge in [-0.3, -0.25) is 18.7 Å². The number of carbonyl (C=O) groups is 4. The van der Waals surface area contributed by atoms with E-state index in [4.69, 9.17) is 9.11 Å². The molecule has 6 saturated heterocycles. The highest BCUT2D eigenvalue weighted by Gasteiger charge is 2.50. The third-order valence-corrected chi connectivity index (χ3v) is 9.67. The standard InChI is InChI=1S/2C12H20N4O6S/c2*17-11(14-8-3-5-13-6-4-8)10-2-1-9-7-15(10)12(18)16(9)22-23(19,20)21/h2*8-10,13H,1-7H2,(H,14,17)(H,19,20,21)/t2*9-,10-/m10/s1. The number of hydroxylamine groups is 4. The van der Waals surface area contributed by atoms with E-state index in [1.54, 1.807) is 0 Å². The van der Waals surface area contributed by atoms with E-state index in [2.05, 4.69) is 29.8 Å². The molecule has 6 amide bonds. The molecule has 0 unspecified atom stereocenters. The molecule has 0 aromatic carbocycles. The summed E-state index contributed by atoms with van der Waals surface area (Å²) in [6, 6.07) is -3.48. The van der Waals surface area contributed by atoms with Gasteiger partial charge in [0.1, 0.15) is 12.1 Å². The number of urea groups is 2. The SMILES string of the molecule is O=C(NC1CCNCC1)[C@@H]1CC[C@H]2CN1C(=O)N2OS(=O)(=O)O.O=C(NC1CCNCC1)[C@H]1CC[C@@H]2CN1C(=O)N2OS(=O)(=O)O. The zero-order valence-corrected chi connectivity index (χ0v) is 26.6. The molecule has 6 fully saturated rings. The number of fused-ring (bicyclic) bond motifs is 4. The van der Waals surface area contributed by atoms with Crippen LogP contribution in [-0.4, -0.2) is 145 Å². The Morgan fingerprint density at radius 1 is 0.630 bits per heavy atom. The van der Waals surface area contributed by atoms with Crippen LogP contribution in [0.4, 0.5) is 9.59 Å². The summed E-state index contributed by atoms with van der Waals surface area (Å²) >= 11 is 0. The van der Waals surface area contributed by atoms with Gasteiger partial charge in [0, 0.05) is 25.2 Å². The normalized spacial score (nSPS) is 29.0. The van der Waals surface area contributed by atoms with Crippen molar-refractivity contribution >= 4 is 44.7 Å². The van der Waals surface area contributed by atoms with Crippen LogP contribution in [0.5, 0.6) is 0 Å². The first-order valence-corrected chi connectivity index (χ1v) is 18.0. The second kappa shape index (κ2) is 14.1. The van der Waals surface area contributed by atoms with Gasteiger partial charge in [-0.05, 0) is 77.5 Å². The summed E-state index contributed by atoms with van der Waals surface area (Å²) in [7, 11) is -9.54. The van der Waals surface area contributed by atoms with Gasteiger partial charge < -0.3 is 31.1 Å². The Balaban J connectivity index is 0.000000181. The fraction of sp³-hybridized carbons (Fsp3) is 0.833. The molecule has 6 aliphatic heterocycles. The second-order valence-corrected chi connectivity index (χ2v) is 14.1.